The normalized spacial score (nSPS) is 45.1. The van der Waals surface area contributed by atoms with Gasteiger partial charge >= 0.3 is 23.1 Å². The van der Waals surface area contributed by atoms with Crippen LogP contribution in [-0.4, -0.2) is 47.2 Å². The Kier molecular flexibility index (Phi) is 3.31. The predicted octanol–water partition coefficient (Wildman–Crippen LogP) is -2.32. The summed E-state index contributed by atoms with van der Waals surface area (Å²) in [5.74, 6) is -2.75. The van der Waals surface area contributed by atoms with Gasteiger partial charge in [-0.15, -0.1) is 0 Å². The van der Waals surface area contributed by atoms with Crippen molar-refractivity contribution in [1.29, 1.82) is 0 Å². The molecule has 2 aliphatic heterocycles. The number of aliphatic carboxylic acids is 2. The van der Waals surface area contributed by atoms with Crippen LogP contribution in [0.2, 0.25) is 0 Å². The molecule has 0 amide bonds. The summed E-state index contributed by atoms with van der Waals surface area (Å²) in [6.45, 7) is 2.75. The zero-order valence-corrected chi connectivity index (χ0v) is 10.7. The van der Waals surface area contributed by atoms with E-state index in [0.717, 1.165) is 0 Å². The third kappa shape index (κ3) is 1.26. The smallest absolute Gasteiger partial charge is 0.549 e. The maximum absolute atomic E-state index is 11.2. The van der Waals surface area contributed by atoms with E-state index >= 15 is 0 Å². The maximum Gasteiger partial charge on any atom is 2.00 e. The predicted molar refractivity (Wildman–Crippen MR) is 49.9 cm³/mol. The van der Waals surface area contributed by atoms with Crippen LogP contribution < -0.4 is 10.2 Å². The number of hydrogen-bond acceptors (Lipinski definition) is 5. The maximum atomic E-state index is 11.2. The Labute approximate surface area is 109 Å². The van der Waals surface area contributed by atoms with E-state index in [1.807, 2.05) is 0 Å². The number of rotatable bonds is 2. The first kappa shape index (κ1) is 13.7. The van der Waals surface area contributed by atoms with Crippen LogP contribution in [-0.2, 0) is 14.3 Å². The van der Waals surface area contributed by atoms with Crippen molar-refractivity contribution in [3.8, 4) is 0 Å². The van der Waals surface area contributed by atoms with E-state index in [4.69, 9.17) is 4.74 Å². The summed E-state index contributed by atoms with van der Waals surface area (Å²) in [5, 5.41) is 22.3. The van der Waals surface area contributed by atoms with Crippen molar-refractivity contribution in [2.45, 2.75) is 38.9 Å². The third-order valence-corrected chi connectivity index (χ3v) is 4.23. The summed E-state index contributed by atoms with van der Waals surface area (Å²) in [5.41, 5.74) is -2.98. The molecule has 84 valence electrons. The molecule has 0 N–H and O–H groups in total. The van der Waals surface area contributed by atoms with Gasteiger partial charge in [0.25, 0.3) is 0 Å². The van der Waals surface area contributed by atoms with Crippen LogP contribution in [0.1, 0.15) is 26.7 Å². The zero-order valence-electron chi connectivity index (χ0n) is 9.32. The monoisotopic (exact) mass is 236 g/mol. The average Bonchev–Trinajstić information content (AvgIpc) is 2.69. The Morgan fingerprint density at radius 1 is 1.06 bits per heavy atom. The summed E-state index contributed by atoms with van der Waals surface area (Å²) < 4.78 is 5.38. The van der Waals surface area contributed by atoms with Crippen LogP contribution in [0.3, 0.4) is 0 Å². The first-order valence-electron chi connectivity index (χ1n) is 4.93. The quantitative estimate of drug-likeness (QED) is 0.502. The number of fused-ring (bicyclic) bond motifs is 2. The molecule has 2 aliphatic rings. The third-order valence-electron chi connectivity index (χ3n) is 4.23. The molecule has 4 atom stereocenters. The number of carboxylic acids is 2. The van der Waals surface area contributed by atoms with Crippen LogP contribution in [0, 0.1) is 10.8 Å². The van der Waals surface area contributed by atoms with Crippen LogP contribution in [0.25, 0.3) is 0 Å². The zero-order chi connectivity index (χ0) is 11.4. The van der Waals surface area contributed by atoms with Crippen molar-refractivity contribution >= 4 is 35.0 Å². The van der Waals surface area contributed by atoms with Crippen molar-refractivity contribution in [3.63, 3.8) is 0 Å². The van der Waals surface area contributed by atoms with Crippen LogP contribution in [0.5, 0.6) is 0 Å². The molecule has 6 heteroatoms. The number of carbonyl (C=O) groups excluding carboxylic acids is 2. The number of carboxylic acid groups (broad SMARTS) is 2. The minimum Gasteiger partial charge on any atom is -0.549 e. The van der Waals surface area contributed by atoms with Crippen LogP contribution >= 0.6 is 0 Å². The number of hydrogen-bond donors (Lipinski definition) is 0. The minimum atomic E-state index is -1.49. The molecule has 0 unspecified atom stereocenters. The topological polar surface area (TPSA) is 89.5 Å². The fourth-order valence-corrected chi connectivity index (χ4v) is 2.84. The van der Waals surface area contributed by atoms with Crippen molar-refractivity contribution in [1.82, 2.24) is 0 Å². The van der Waals surface area contributed by atoms with Gasteiger partial charge in [0.1, 0.15) is 0 Å². The Balaban J connectivity index is 0.00000128. The summed E-state index contributed by atoms with van der Waals surface area (Å²) in [7, 11) is 0. The molecule has 0 spiro atoms. The second kappa shape index (κ2) is 3.85. The molecule has 0 aromatic heterocycles. The molecule has 2 heterocycles. The van der Waals surface area contributed by atoms with Gasteiger partial charge in [-0.05, 0) is 12.8 Å². The standard InChI is InChI=1S/C10H14O5.Mg/c1-9(7(11)12)5-3-4-6(15-5)10(9,2)8(13)14;/h5-6H,3-4H2,1-2H3,(H,11,12)(H,13,14);/q;+2/p-2/t5-,6+,9+,10-;. The second-order valence-corrected chi connectivity index (χ2v) is 4.67. The molecule has 0 saturated carbocycles. The fraction of sp³-hybridized carbons (Fsp3) is 0.800. The summed E-state index contributed by atoms with van der Waals surface area (Å²) >= 11 is 0. The molecular formula is C10H12MgO5. The van der Waals surface area contributed by atoms with E-state index in [9.17, 15) is 19.8 Å². The van der Waals surface area contributed by atoms with Gasteiger partial charge < -0.3 is 24.5 Å². The molecule has 2 fully saturated rings. The Morgan fingerprint density at radius 3 is 1.62 bits per heavy atom. The Morgan fingerprint density at radius 2 is 1.38 bits per heavy atom. The molecule has 0 aliphatic carbocycles. The molecular weight excluding hydrogens is 224 g/mol. The van der Waals surface area contributed by atoms with Gasteiger partial charge in [-0.2, -0.15) is 0 Å². The molecule has 2 saturated heterocycles. The average molecular weight is 237 g/mol. The van der Waals surface area contributed by atoms with Gasteiger partial charge in [-0.3, -0.25) is 0 Å². The van der Waals surface area contributed by atoms with Crippen LogP contribution in [0.15, 0.2) is 0 Å². The Bertz CT molecular complexity index is 312. The summed E-state index contributed by atoms with van der Waals surface area (Å²) in [4.78, 5) is 22.3. The molecule has 16 heavy (non-hydrogen) atoms. The first-order chi connectivity index (χ1) is 6.85. The molecule has 2 bridgehead atoms. The van der Waals surface area contributed by atoms with Gasteiger partial charge in [0, 0.05) is 10.8 Å². The van der Waals surface area contributed by atoms with E-state index in [0.29, 0.717) is 12.8 Å². The van der Waals surface area contributed by atoms with E-state index in [1.54, 1.807) is 0 Å². The Hall–Kier alpha value is -0.334. The van der Waals surface area contributed by atoms with Crippen molar-refractivity contribution in [3.05, 3.63) is 0 Å². The van der Waals surface area contributed by atoms with E-state index < -0.39 is 35.0 Å². The minimum absolute atomic E-state index is 0. The van der Waals surface area contributed by atoms with Gasteiger partial charge in [-0.25, -0.2) is 0 Å². The van der Waals surface area contributed by atoms with Gasteiger partial charge in [-0.1, -0.05) is 13.8 Å². The molecule has 0 aromatic carbocycles. The van der Waals surface area contributed by atoms with E-state index in [1.165, 1.54) is 13.8 Å². The fourth-order valence-electron chi connectivity index (χ4n) is 2.84. The summed E-state index contributed by atoms with van der Waals surface area (Å²) in [6, 6.07) is 0. The van der Waals surface area contributed by atoms with Gasteiger partial charge in [0.2, 0.25) is 0 Å². The van der Waals surface area contributed by atoms with Crippen molar-refractivity contribution in [2.24, 2.45) is 10.8 Å². The second-order valence-electron chi connectivity index (χ2n) is 4.67. The van der Waals surface area contributed by atoms with Crippen molar-refractivity contribution < 1.29 is 24.5 Å². The van der Waals surface area contributed by atoms with E-state index in [2.05, 4.69) is 0 Å². The number of ether oxygens (including phenoxy) is 1. The summed E-state index contributed by atoms with van der Waals surface area (Å²) in [6.07, 6.45) is -0.0125. The first-order valence-corrected chi connectivity index (χ1v) is 4.93. The molecule has 0 radical (unpaired) electrons. The largest absolute Gasteiger partial charge is 2.00 e. The van der Waals surface area contributed by atoms with E-state index in [-0.39, 0.29) is 23.1 Å². The SMILES string of the molecule is C[C@]1(C(=O)[O-])[C@@H]2CC[C@@H](O2)[C@@]1(C)C(=O)[O-].[Mg+2]. The van der Waals surface area contributed by atoms with Gasteiger partial charge in [0.05, 0.1) is 24.1 Å². The number of carbonyl (C=O) groups is 2. The van der Waals surface area contributed by atoms with Crippen LogP contribution in [0.4, 0.5) is 0 Å². The molecule has 5 nitrogen and oxygen atoms in total. The van der Waals surface area contributed by atoms with Gasteiger partial charge in [0.15, 0.2) is 0 Å². The van der Waals surface area contributed by atoms with Crippen molar-refractivity contribution in [2.75, 3.05) is 0 Å². The molecule has 2 rings (SSSR count). The molecule has 0 aromatic rings.